The molecule has 5 nitrogen and oxygen atoms in total. The van der Waals surface area contributed by atoms with E-state index in [0.29, 0.717) is 11.3 Å². The summed E-state index contributed by atoms with van der Waals surface area (Å²) in [5.41, 5.74) is 6.51. The van der Waals surface area contributed by atoms with Crippen LogP contribution in [-0.4, -0.2) is 26.2 Å². The molecule has 0 saturated heterocycles. The van der Waals surface area contributed by atoms with E-state index in [1.165, 1.54) is 0 Å². The quantitative estimate of drug-likeness (QED) is 0.689. The van der Waals surface area contributed by atoms with Crippen molar-refractivity contribution in [2.24, 2.45) is 5.73 Å². The highest BCUT2D eigenvalue weighted by Gasteiger charge is 2.14. The Morgan fingerprint density at radius 3 is 3.07 bits per heavy atom. The molecule has 0 aliphatic heterocycles. The number of aromatic nitrogens is 3. The Balaban J connectivity index is 2.50. The first-order chi connectivity index (χ1) is 6.68. The monoisotopic (exact) mass is 190 g/mol. The third kappa shape index (κ3) is 1.38. The second-order valence-corrected chi connectivity index (χ2v) is 3.12. The fraction of sp³-hybridized carbons (Fsp3) is 0.222. The first kappa shape index (κ1) is 8.83. The van der Waals surface area contributed by atoms with E-state index in [-0.39, 0.29) is 5.78 Å². The average molecular weight is 190 g/mol. The maximum Gasteiger partial charge on any atom is 0.199 e. The molecule has 2 aromatic rings. The number of carbonyl (C=O) groups excluding carboxylic acids is 1. The molecule has 1 atom stereocenters. The van der Waals surface area contributed by atoms with Crippen molar-refractivity contribution in [2.75, 3.05) is 0 Å². The van der Waals surface area contributed by atoms with E-state index in [4.69, 9.17) is 5.73 Å². The maximum atomic E-state index is 11.5. The Morgan fingerprint density at radius 1 is 1.64 bits per heavy atom. The average Bonchev–Trinajstić information content (AvgIpc) is 2.59. The molecular weight excluding hydrogens is 180 g/mol. The largest absolute Gasteiger partial charge is 0.321 e. The molecule has 0 fully saturated rings. The predicted molar refractivity (Wildman–Crippen MR) is 51.0 cm³/mol. The smallest absolute Gasteiger partial charge is 0.199 e. The topological polar surface area (TPSA) is 73.3 Å². The van der Waals surface area contributed by atoms with Gasteiger partial charge in [0.15, 0.2) is 11.4 Å². The summed E-state index contributed by atoms with van der Waals surface area (Å²) in [5.74, 6) is -0.159. The molecule has 14 heavy (non-hydrogen) atoms. The van der Waals surface area contributed by atoms with E-state index in [9.17, 15) is 4.79 Å². The SMILES string of the molecule is CC(N)C(=O)c1cn2ccncc2n1. The van der Waals surface area contributed by atoms with Crippen LogP contribution in [0.3, 0.4) is 0 Å². The predicted octanol–water partition coefficient (Wildman–Crippen LogP) is 0.259. The first-order valence-electron chi connectivity index (χ1n) is 4.27. The molecule has 2 N–H and O–H groups in total. The van der Waals surface area contributed by atoms with Gasteiger partial charge in [0.25, 0.3) is 0 Å². The summed E-state index contributed by atoms with van der Waals surface area (Å²) in [6.45, 7) is 1.64. The number of Topliss-reactive ketones (excluding diaryl/α,β-unsaturated/α-hetero) is 1. The second-order valence-electron chi connectivity index (χ2n) is 3.12. The van der Waals surface area contributed by atoms with Crippen molar-refractivity contribution >= 4 is 11.4 Å². The first-order valence-corrected chi connectivity index (χ1v) is 4.27. The number of hydrogen-bond donors (Lipinski definition) is 1. The summed E-state index contributed by atoms with van der Waals surface area (Å²) in [4.78, 5) is 19.5. The molecule has 0 bridgehead atoms. The zero-order valence-corrected chi connectivity index (χ0v) is 7.71. The van der Waals surface area contributed by atoms with Gasteiger partial charge < -0.3 is 10.1 Å². The minimum atomic E-state index is -0.520. The Hall–Kier alpha value is -1.75. The van der Waals surface area contributed by atoms with Crippen LogP contribution >= 0.6 is 0 Å². The molecule has 0 aromatic carbocycles. The zero-order valence-electron chi connectivity index (χ0n) is 7.71. The summed E-state index contributed by atoms with van der Waals surface area (Å²) in [5, 5.41) is 0. The van der Waals surface area contributed by atoms with Crippen LogP contribution in [0.2, 0.25) is 0 Å². The Kier molecular flexibility index (Phi) is 2.01. The maximum absolute atomic E-state index is 11.5. The van der Waals surface area contributed by atoms with Gasteiger partial charge in [0.1, 0.15) is 5.69 Å². The third-order valence-corrected chi connectivity index (χ3v) is 1.93. The van der Waals surface area contributed by atoms with Gasteiger partial charge in [-0.05, 0) is 6.92 Å². The zero-order chi connectivity index (χ0) is 10.1. The lowest BCUT2D eigenvalue weighted by atomic mass is 10.2. The Labute approximate surface area is 80.6 Å². The minimum absolute atomic E-state index is 0.159. The molecule has 0 aliphatic rings. The van der Waals surface area contributed by atoms with Gasteiger partial charge in [-0.3, -0.25) is 9.78 Å². The lowest BCUT2D eigenvalue weighted by Crippen LogP contribution is -2.26. The summed E-state index contributed by atoms with van der Waals surface area (Å²) >= 11 is 0. The number of hydrogen-bond acceptors (Lipinski definition) is 4. The normalized spacial score (nSPS) is 13.0. The van der Waals surface area contributed by atoms with E-state index < -0.39 is 6.04 Å². The van der Waals surface area contributed by atoms with Gasteiger partial charge in [-0.2, -0.15) is 0 Å². The molecule has 2 rings (SSSR count). The van der Waals surface area contributed by atoms with Gasteiger partial charge in [0, 0.05) is 18.6 Å². The van der Waals surface area contributed by atoms with E-state index in [0.717, 1.165) is 0 Å². The highest BCUT2D eigenvalue weighted by molar-refractivity contribution is 5.98. The van der Waals surface area contributed by atoms with Gasteiger partial charge >= 0.3 is 0 Å². The van der Waals surface area contributed by atoms with Crippen LogP contribution in [-0.2, 0) is 0 Å². The standard InChI is InChI=1S/C9H10N4O/c1-6(10)9(14)7-5-13-3-2-11-4-8(13)12-7/h2-6H,10H2,1H3. The fourth-order valence-electron chi connectivity index (χ4n) is 1.19. The molecule has 5 heteroatoms. The van der Waals surface area contributed by atoms with Crippen molar-refractivity contribution < 1.29 is 4.79 Å². The number of nitrogens with two attached hydrogens (primary N) is 1. The van der Waals surface area contributed by atoms with Gasteiger partial charge in [0.05, 0.1) is 12.2 Å². The van der Waals surface area contributed by atoms with E-state index in [1.54, 1.807) is 36.1 Å². The van der Waals surface area contributed by atoms with Crippen LogP contribution in [0.25, 0.3) is 5.65 Å². The molecule has 0 amide bonds. The molecule has 2 aromatic heterocycles. The molecule has 0 aliphatic carbocycles. The summed E-state index contributed by atoms with van der Waals surface area (Å²) in [6.07, 6.45) is 6.62. The third-order valence-electron chi connectivity index (χ3n) is 1.93. The van der Waals surface area contributed by atoms with Crippen molar-refractivity contribution in [2.45, 2.75) is 13.0 Å². The van der Waals surface area contributed by atoms with Crippen molar-refractivity contribution in [1.82, 2.24) is 14.4 Å². The van der Waals surface area contributed by atoms with Crippen molar-refractivity contribution in [1.29, 1.82) is 0 Å². The lowest BCUT2D eigenvalue weighted by molar-refractivity contribution is 0.0963. The van der Waals surface area contributed by atoms with Crippen LogP contribution < -0.4 is 5.73 Å². The molecule has 0 spiro atoms. The molecular formula is C9H10N4O. The van der Waals surface area contributed by atoms with E-state index in [2.05, 4.69) is 9.97 Å². The number of rotatable bonds is 2. The number of nitrogens with zero attached hydrogens (tertiary/aromatic N) is 3. The molecule has 1 unspecified atom stereocenters. The highest BCUT2D eigenvalue weighted by atomic mass is 16.1. The van der Waals surface area contributed by atoms with Crippen LogP contribution in [0.1, 0.15) is 17.4 Å². The summed E-state index contributed by atoms with van der Waals surface area (Å²) in [6, 6.07) is -0.520. The highest BCUT2D eigenvalue weighted by Crippen LogP contribution is 2.04. The number of carbonyl (C=O) groups is 1. The van der Waals surface area contributed by atoms with Crippen LogP contribution in [0.5, 0.6) is 0 Å². The van der Waals surface area contributed by atoms with E-state index >= 15 is 0 Å². The number of imidazole rings is 1. The van der Waals surface area contributed by atoms with Gasteiger partial charge in [-0.1, -0.05) is 0 Å². The van der Waals surface area contributed by atoms with Crippen LogP contribution in [0.15, 0.2) is 24.8 Å². The summed E-state index contributed by atoms with van der Waals surface area (Å²) < 4.78 is 1.74. The molecule has 0 radical (unpaired) electrons. The number of fused-ring (bicyclic) bond motifs is 1. The Morgan fingerprint density at radius 2 is 2.43 bits per heavy atom. The molecule has 2 heterocycles. The van der Waals surface area contributed by atoms with Crippen LogP contribution in [0, 0.1) is 0 Å². The van der Waals surface area contributed by atoms with Crippen molar-refractivity contribution in [3.05, 3.63) is 30.5 Å². The van der Waals surface area contributed by atoms with Gasteiger partial charge in [0.2, 0.25) is 0 Å². The fourth-order valence-corrected chi connectivity index (χ4v) is 1.19. The minimum Gasteiger partial charge on any atom is -0.321 e. The Bertz CT molecular complexity index is 441. The van der Waals surface area contributed by atoms with Crippen molar-refractivity contribution in [3.63, 3.8) is 0 Å². The number of ketones is 1. The van der Waals surface area contributed by atoms with Crippen molar-refractivity contribution in [3.8, 4) is 0 Å². The molecule has 72 valence electrons. The molecule has 0 saturated carbocycles. The van der Waals surface area contributed by atoms with Gasteiger partial charge in [-0.25, -0.2) is 4.98 Å². The summed E-state index contributed by atoms with van der Waals surface area (Å²) in [7, 11) is 0. The van der Waals surface area contributed by atoms with Crippen LogP contribution in [0.4, 0.5) is 0 Å². The lowest BCUT2D eigenvalue weighted by Gasteiger charge is -1.97. The second kappa shape index (κ2) is 3.19. The van der Waals surface area contributed by atoms with E-state index in [1.807, 2.05) is 0 Å². The van der Waals surface area contributed by atoms with Gasteiger partial charge in [-0.15, -0.1) is 0 Å².